The van der Waals surface area contributed by atoms with Crippen LogP contribution in [0.4, 0.5) is 11.4 Å². The normalized spacial score (nSPS) is 10.3. The molecule has 106 valence electrons. The van der Waals surface area contributed by atoms with Crippen molar-refractivity contribution in [3.63, 3.8) is 0 Å². The van der Waals surface area contributed by atoms with Crippen molar-refractivity contribution in [2.24, 2.45) is 0 Å². The number of hydrogen-bond donors (Lipinski definition) is 2. The molecule has 0 saturated heterocycles. The Morgan fingerprint density at radius 3 is 2.80 bits per heavy atom. The highest BCUT2D eigenvalue weighted by atomic mass is 16.5. The van der Waals surface area contributed by atoms with E-state index in [1.807, 2.05) is 13.8 Å². The quantitative estimate of drug-likeness (QED) is 0.832. The summed E-state index contributed by atoms with van der Waals surface area (Å²) in [5, 5.41) is 2.81. The number of nitrogens with zero attached hydrogens (tertiary/aromatic N) is 2. The van der Waals surface area contributed by atoms with Crippen LogP contribution in [0.1, 0.15) is 11.4 Å². The number of anilines is 2. The Kier molecular flexibility index (Phi) is 3.93. The van der Waals surface area contributed by atoms with E-state index in [9.17, 15) is 4.79 Å². The monoisotopic (exact) mass is 274 g/mol. The molecule has 0 atom stereocenters. The van der Waals surface area contributed by atoms with Gasteiger partial charge in [-0.2, -0.15) is 0 Å². The van der Waals surface area contributed by atoms with Crippen LogP contribution < -0.4 is 15.8 Å². The molecule has 0 unspecified atom stereocenters. The second-order valence-corrected chi connectivity index (χ2v) is 4.55. The van der Waals surface area contributed by atoms with Gasteiger partial charge in [0.25, 0.3) is 0 Å². The molecule has 0 aliphatic carbocycles. The highest BCUT2D eigenvalue weighted by Crippen LogP contribution is 2.26. The van der Waals surface area contributed by atoms with Crippen molar-refractivity contribution < 1.29 is 9.53 Å². The lowest BCUT2D eigenvalue weighted by molar-refractivity contribution is -0.116. The largest absolute Gasteiger partial charge is 0.494 e. The van der Waals surface area contributed by atoms with Crippen molar-refractivity contribution in [2.75, 3.05) is 18.2 Å². The molecule has 0 bridgehead atoms. The maximum absolute atomic E-state index is 12.0. The van der Waals surface area contributed by atoms with Crippen molar-refractivity contribution in [2.45, 2.75) is 20.4 Å². The van der Waals surface area contributed by atoms with Gasteiger partial charge in [0.2, 0.25) is 5.91 Å². The Balaban J connectivity index is 2.10. The molecule has 6 heteroatoms. The molecule has 3 N–H and O–H groups in total. The van der Waals surface area contributed by atoms with Crippen molar-refractivity contribution in [3.05, 3.63) is 35.9 Å². The minimum Gasteiger partial charge on any atom is -0.494 e. The SMILES string of the molecule is COc1cc(N)ccc1NC(=O)Cn1cnc(C)c1C. The second-order valence-electron chi connectivity index (χ2n) is 4.55. The Morgan fingerprint density at radius 2 is 2.20 bits per heavy atom. The zero-order valence-electron chi connectivity index (χ0n) is 11.8. The maximum Gasteiger partial charge on any atom is 0.244 e. The minimum atomic E-state index is -0.145. The Hall–Kier alpha value is -2.50. The number of imidazole rings is 1. The van der Waals surface area contributed by atoms with Crippen molar-refractivity contribution >= 4 is 17.3 Å². The zero-order chi connectivity index (χ0) is 14.7. The van der Waals surface area contributed by atoms with Gasteiger partial charge in [-0.25, -0.2) is 4.98 Å². The van der Waals surface area contributed by atoms with Crippen LogP contribution in [0, 0.1) is 13.8 Å². The van der Waals surface area contributed by atoms with E-state index in [0.717, 1.165) is 11.4 Å². The predicted octanol–water partition coefficient (Wildman–Crippen LogP) is 1.73. The van der Waals surface area contributed by atoms with E-state index < -0.39 is 0 Å². The number of methoxy groups -OCH3 is 1. The number of aromatic nitrogens is 2. The van der Waals surface area contributed by atoms with Crippen LogP contribution in [0.3, 0.4) is 0 Å². The number of rotatable bonds is 4. The zero-order valence-corrected chi connectivity index (χ0v) is 11.8. The number of hydrogen-bond acceptors (Lipinski definition) is 4. The summed E-state index contributed by atoms with van der Waals surface area (Å²) >= 11 is 0. The molecule has 0 aliphatic rings. The first-order valence-electron chi connectivity index (χ1n) is 6.23. The van der Waals surface area contributed by atoms with Crippen LogP contribution in [0.25, 0.3) is 0 Å². The Morgan fingerprint density at radius 1 is 1.45 bits per heavy atom. The van der Waals surface area contributed by atoms with E-state index in [4.69, 9.17) is 10.5 Å². The summed E-state index contributed by atoms with van der Waals surface area (Å²) in [6, 6.07) is 5.10. The summed E-state index contributed by atoms with van der Waals surface area (Å²) < 4.78 is 6.99. The summed E-state index contributed by atoms with van der Waals surface area (Å²) in [5.74, 6) is 0.394. The number of carbonyl (C=O) groups is 1. The summed E-state index contributed by atoms with van der Waals surface area (Å²) in [6.07, 6.45) is 1.66. The van der Waals surface area contributed by atoms with E-state index in [-0.39, 0.29) is 12.5 Å². The maximum atomic E-state index is 12.0. The third kappa shape index (κ3) is 2.90. The van der Waals surface area contributed by atoms with Gasteiger partial charge in [0.15, 0.2) is 0 Å². The van der Waals surface area contributed by atoms with Gasteiger partial charge in [-0.1, -0.05) is 0 Å². The predicted molar refractivity (Wildman–Crippen MR) is 77.7 cm³/mol. The first kappa shape index (κ1) is 13.9. The van der Waals surface area contributed by atoms with Gasteiger partial charge in [-0.05, 0) is 26.0 Å². The number of nitrogens with two attached hydrogens (primary N) is 1. The van der Waals surface area contributed by atoms with Crippen LogP contribution in [0.15, 0.2) is 24.5 Å². The first-order chi connectivity index (χ1) is 9.51. The van der Waals surface area contributed by atoms with Crippen LogP contribution in [0.2, 0.25) is 0 Å². The molecule has 1 heterocycles. The number of amides is 1. The van der Waals surface area contributed by atoms with E-state index in [2.05, 4.69) is 10.3 Å². The lowest BCUT2D eigenvalue weighted by atomic mass is 10.2. The van der Waals surface area contributed by atoms with Crippen molar-refractivity contribution in [1.82, 2.24) is 9.55 Å². The molecule has 6 nitrogen and oxygen atoms in total. The average Bonchev–Trinajstić information content (AvgIpc) is 2.72. The number of aryl methyl sites for hydroxylation is 1. The lowest BCUT2D eigenvalue weighted by Crippen LogP contribution is -2.19. The standard InChI is InChI=1S/C14H18N4O2/c1-9-10(2)18(8-16-9)7-14(19)17-12-5-4-11(15)6-13(12)20-3/h4-6,8H,7,15H2,1-3H3,(H,17,19). The van der Waals surface area contributed by atoms with Gasteiger partial charge >= 0.3 is 0 Å². The van der Waals surface area contributed by atoms with Gasteiger partial charge in [-0.15, -0.1) is 0 Å². The highest BCUT2D eigenvalue weighted by Gasteiger charge is 2.10. The van der Waals surface area contributed by atoms with Crippen LogP contribution >= 0.6 is 0 Å². The van der Waals surface area contributed by atoms with Crippen LogP contribution in [-0.4, -0.2) is 22.6 Å². The molecule has 1 amide bonds. The topological polar surface area (TPSA) is 82.2 Å². The van der Waals surface area contributed by atoms with Crippen LogP contribution in [-0.2, 0) is 11.3 Å². The molecule has 0 fully saturated rings. The molecule has 2 rings (SSSR count). The third-order valence-electron chi connectivity index (χ3n) is 3.16. The molecular weight excluding hydrogens is 256 g/mol. The van der Waals surface area contributed by atoms with Gasteiger partial charge in [-0.3, -0.25) is 4.79 Å². The molecule has 20 heavy (non-hydrogen) atoms. The molecule has 0 saturated carbocycles. The Bertz CT molecular complexity index is 634. The molecule has 0 aliphatic heterocycles. The fourth-order valence-corrected chi connectivity index (χ4v) is 1.86. The fraction of sp³-hybridized carbons (Fsp3) is 0.286. The van der Waals surface area contributed by atoms with E-state index in [1.54, 1.807) is 29.1 Å². The smallest absolute Gasteiger partial charge is 0.244 e. The average molecular weight is 274 g/mol. The first-order valence-corrected chi connectivity index (χ1v) is 6.23. The van der Waals surface area contributed by atoms with Crippen LogP contribution in [0.5, 0.6) is 5.75 Å². The van der Waals surface area contributed by atoms with E-state index >= 15 is 0 Å². The van der Waals surface area contributed by atoms with Crippen molar-refractivity contribution in [1.29, 1.82) is 0 Å². The van der Waals surface area contributed by atoms with Gasteiger partial charge in [0.1, 0.15) is 12.3 Å². The summed E-state index contributed by atoms with van der Waals surface area (Å²) in [4.78, 5) is 16.2. The third-order valence-corrected chi connectivity index (χ3v) is 3.16. The molecular formula is C14H18N4O2. The fourth-order valence-electron chi connectivity index (χ4n) is 1.86. The Labute approximate surface area is 117 Å². The van der Waals surface area contributed by atoms with Gasteiger partial charge < -0.3 is 20.4 Å². The molecule has 0 radical (unpaired) electrons. The number of carbonyl (C=O) groups excluding carboxylic acids is 1. The summed E-state index contributed by atoms with van der Waals surface area (Å²) in [5.41, 5.74) is 8.75. The van der Waals surface area contributed by atoms with E-state index in [0.29, 0.717) is 17.1 Å². The van der Waals surface area contributed by atoms with E-state index in [1.165, 1.54) is 7.11 Å². The molecule has 1 aromatic carbocycles. The van der Waals surface area contributed by atoms with Gasteiger partial charge in [0.05, 0.1) is 24.8 Å². The number of nitrogen functional groups attached to an aromatic ring is 1. The lowest BCUT2D eigenvalue weighted by Gasteiger charge is -2.11. The molecule has 0 spiro atoms. The second kappa shape index (κ2) is 5.64. The van der Waals surface area contributed by atoms with Crippen molar-refractivity contribution in [3.8, 4) is 5.75 Å². The van der Waals surface area contributed by atoms with Gasteiger partial charge in [0, 0.05) is 17.4 Å². The number of benzene rings is 1. The molecule has 1 aromatic heterocycles. The minimum absolute atomic E-state index is 0.145. The highest BCUT2D eigenvalue weighted by molar-refractivity contribution is 5.92. The number of ether oxygens (including phenoxy) is 1. The summed E-state index contributed by atoms with van der Waals surface area (Å²) in [6.45, 7) is 4.05. The number of nitrogens with one attached hydrogen (secondary N) is 1. The summed E-state index contributed by atoms with van der Waals surface area (Å²) in [7, 11) is 1.54. The molecule has 2 aromatic rings.